The minimum atomic E-state index is -0.163. The number of hydrogen-bond acceptors (Lipinski definition) is 6. The summed E-state index contributed by atoms with van der Waals surface area (Å²) in [7, 11) is 2.12. The van der Waals surface area contributed by atoms with Gasteiger partial charge in [-0.05, 0) is 18.1 Å². The maximum atomic E-state index is 6.09. The minimum Gasteiger partial charge on any atom is -0.336 e. The Balaban J connectivity index is 2.01. The smallest absolute Gasteiger partial charge is 0.266 e. The molecule has 102 valence electrons. The zero-order valence-electron chi connectivity index (χ0n) is 11.5. The van der Waals surface area contributed by atoms with E-state index in [1.165, 1.54) is 0 Å². The maximum absolute atomic E-state index is 6.09. The summed E-state index contributed by atoms with van der Waals surface area (Å²) in [6.45, 7) is 8.15. The van der Waals surface area contributed by atoms with Crippen LogP contribution < -0.4 is 10.6 Å². The molecular weight excluding hydrogens is 230 g/mol. The Hall–Kier alpha value is -1.14. The van der Waals surface area contributed by atoms with E-state index in [4.69, 9.17) is 10.3 Å². The van der Waals surface area contributed by atoms with Crippen LogP contribution in [-0.4, -0.2) is 48.3 Å². The largest absolute Gasteiger partial charge is 0.336 e. The highest BCUT2D eigenvalue weighted by Crippen LogP contribution is 2.22. The highest BCUT2D eigenvalue weighted by Gasteiger charge is 2.23. The zero-order valence-corrected chi connectivity index (χ0v) is 11.5. The lowest BCUT2D eigenvalue weighted by Crippen LogP contribution is -2.44. The van der Waals surface area contributed by atoms with E-state index in [-0.39, 0.29) is 6.04 Å². The van der Waals surface area contributed by atoms with Gasteiger partial charge in [0.25, 0.3) is 5.95 Å². The summed E-state index contributed by atoms with van der Waals surface area (Å²) in [6, 6.07) is -0.163. The molecule has 0 spiro atoms. The molecule has 0 aromatic carbocycles. The number of rotatable bonds is 4. The quantitative estimate of drug-likeness (QED) is 0.858. The highest BCUT2D eigenvalue weighted by molar-refractivity contribution is 5.28. The standard InChI is InChI=1S/C12H23N5O/c1-4-9(2)10(13)11-14-12(15-18-11)17-7-5-16(3)6-8-17/h9-10H,4-8,13H2,1-3H3/t9-,10-/m0/s1. The highest BCUT2D eigenvalue weighted by atomic mass is 16.5. The van der Waals surface area contributed by atoms with Crippen LogP contribution >= 0.6 is 0 Å². The SMILES string of the molecule is CC[C@H](C)[C@H](N)c1nc(N2CCN(C)CC2)no1. The van der Waals surface area contributed by atoms with E-state index in [0.29, 0.717) is 17.8 Å². The zero-order chi connectivity index (χ0) is 13.1. The molecule has 2 N–H and O–H groups in total. The third-order valence-corrected chi connectivity index (χ3v) is 3.76. The first kappa shape index (κ1) is 13.3. The number of likely N-dealkylation sites (N-methyl/N-ethyl adjacent to an activating group) is 1. The van der Waals surface area contributed by atoms with Gasteiger partial charge in [-0.3, -0.25) is 0 Å². The Kier molecular flexibility index (Phi) is 4.19. The predicted octanol–water partition coefficient (Wildman–Crippen LogP) is 0.867. The van der Waals surface area contributed by atoms with Crippen molar-refractivity contribution in [3.63, 3.8) is 0 Å². The van der Waals surface area contributed by atoms with E-state index in [1.807, 2.05) is 0 Å². The van der Waals surface area contributed by atoms with Crippen molar-refractivity contribution < 1.29 is 4.52 Å². The third kappa shape index (κ3) is 2.81. The van der Waals surface area contributed by atoms with E-state index in [9.17, 15) is 0 Å². The predicted molar refractivity (Wildman–Crippen MR) is 70.4 cm³/mol. The van der Waals surface area contributed by atoms with Crippen LogP contribution in [-0.2, 0) is 0 Å². The van der Waals surface area contributed by atoms with Gasteiger partial charge in [-0.25, -0.2) is 0 Å². The van der Waals surface area contributed by atoms with Gasteiger partial charge in [0.2, 0.25) is 5.89 Å². The second-order valence-electron chi connectivity index (χ2n) is 5.13. The second-order valence-corrected chi connectivity index (χ2v) is 5.13. The fourth-order valence-corrected chi connectivity index (χ4v) is 1.99. The summed E-state index contributed by atoms with van der Waals surface area (Å²) >= 11 is 0. The van der Waals surface area contributed by atoms with E-state index >= 15 is 0 Å². The van der Waals surface area contributed by atoms with E-state index in [0.717, 1.165) is 32.6 Å². The van der Waals surface area contributed by atoms with Crippen molar-refractivity contribution in [2.24, 2.45) is 11.7 Å². The molecule has 1 aliphatic rings. The van der Waals surface area contributed by atoms with Crippen LogP contribution in [0.5, 0.6) is 0 Å². The van der Waals surface area contributed by atoms with Gasteiger partial charge in [-0.15, -0.1) is 0 Å². The number of aromatic nitrogens is 2. The molecule has 18 heavy (non-hydrogen) atoms. The van der Waals surface area contributed by atoms with Gasteiger partial charge in [-0.2, -0.15) is 4.98 Å². The molecule has 1 aromatic heterocycles. The summed E-state index contributed by atoms with van der Waals surface area (Å²) in [5, 5.41) is 4.04. The molecule has 0 unspecified atom stereocenters. The van der Waals surface area contributed by atoms with Gasteiger partial charge >= 0.3 is 0 Å². The van der Waals surface area contributed by atoms with Crippen molar-refractivity contribution in [1.82, 2.24) is 15.0 Å². The molecular formula is C12H23N5O. The van der Waals surface area contributed by atoms with Crippen LogP contribution in [0.1, 0.15) is 32.2 Å². The van der Waals surface area contributed by atoms with Gasteiger partial charge in [0, 0.05) is 26.2 Å². The number of nitrogens with zero attached hydrogens (tertiary/aromatic N) is 4. The maximum Gasteiger partial charge on any atom is 0.266 e. The van der Waals surface area contributed by atoms with Gasteiger partial charge in [0.15, 0.2) is 0 Å². The van der Waals surface area contributed by atoms with Crippen LogP contribution in [0.15, 0.2) is 4.52 Å². The molecule has 6 heteroatoms. The number of anilines is 1. The minimum absolute atomic E-state index is 0.163. The Morgan fingerprint density at radius 2 is 2.00 bits per heavy atom. The van der Waals surface area contributed by atoms with Crippen LogP contribution in [0.3, 0.4) is 0 Å². The Morgan fingerprint density at radius 1 is 1.33 bits per heavy atom. The molecule has 0 radical (unpaired) electrons. The van der Waals surface area contributed by atoms with Crippen LogP contribution in [0.25, 0.3) is 0 Å². The van der Waals surface area contributed by atoms with Crippen molar-refractivity contribution >= 4 is 5.95 Å². The molecule has 0 bridgehead atoms. The van der Waals surface area contributed by atoms with Crippen molar-refractivity contribution in [2.75, 3.05) is 38.1 Å². The van der Waals surface area contributed by atoms with Gasteiger partial charge < -0.3 is 20.1 Å². The summed E-state index contributed by atoms with van der Waals surface area (Å²) in [5.41, 5.74) is 6.09. The first-order valence-corrected chi connectivity index (χ1v) is 6.64. The average Bonchev–Trinajstić information content (AvgIpc) is 2.87. The fraction of sp³-hybridized carbons (Fsp3) is 0.833. The van der Waals surface area contributed by atoms with Crippen molar-refractivity contribution in [3.8, 4) is 0 Å². The topological polar surface area (TPSA) is 71.4 Å². The third-order valence-electron chi connectivity index (χ3n) is 3.76. The van der Waals surface area contributed by atoms with Crippen molar-refractivity contribution in [1.29, 1.82) is 0 Å². The summed E-state index contributed by atoms with van der Waals surface area (Å²) < 4.78 is 5.29. The Morgan fingerprint density at radius 3 is 2.61 bits per heavy atom. The van der Waals surface area contributed by atoms with E-state index in [1.54, 1.807) is 0 Å². The monoisotopic (exact) mass is 253 g/mol. The first-order chi connectivity index (χ1) is 8.61. The molecule has 0 saturated carbocycles. The number of hydrogen-bond donors (Lipinski definition) is 1. The van der Waals surface area contributed by atoms with Crippen LogP contribution in [0.4, 0.5) is 5.95 Å². The van der Waals surface area contributed by atoms with E-state index in [2.05, 4.69) is 40.8 Å². The normalized spacial score (nSPS) is 21.0. The molecule has 1 saturated heterocycles. The Labute approximate surface area is 108 Å². The molecule has 1 aliphatic heterocycles. The molecule has 0 aliphatic carbocycles. The van der Waals surface area contributed by atoms with Crippen LogP contribution in [0.2, 0.25) is 0 Å². The van der Waals surface area contributed by atoms with Gasteiger partial charge in [0.05, 0.1) is 6.04 Å². The van der Waals surface area contributed by atoms with Gasteiger partial charge in [0.1, 0.15) is 0 Å². The lowest BCUT2D eigenvalue weighted by atomic mass is 10.0. The molecule has 2 rings (SSSR count). The Bertz CT molecular complexity index is 372. The van der Waals surface area contributed by atoms with Crippen LogP contribution in [0, 0.1) is 5.92 Å². The van der Waals surface area contributed by atoms with Gasteiger partial charge in [-0.1, -0.05) is 20.3 Å². The lowest BCUT2D eigenvalue weighted by molar-refractivity contribution is 0.302. The second kappa shape index (κ2) is 5.67. The summed E-state index contributed by atoms with van der Waals surface area (Å²) in [6.07, 6.45) is 1.01. The first-order valence-electron chi connectivity index (χ1n) is 6.64. The van der Waals surface area contributed by atoms with Crippen molar-refractivity contribution in [2.45, 2.75) is 26.3 Å². The number of nitrogens with two attached hydrogens (primary N) is 1. The van der Waals surface area contributed by atoms with Crippen molar-refractivity contribution in [3.05, 3.63) is 5.89 Å². The molecule has 2 atom stereocenters. The molecule has 2 heterocycles. The lowest BCUT2D eigenvalue weighted by Gasteiger charge is -2.31. The summed E-state index contributed by atoms with van der Waals surface area (Å²) in [5.74, 6) is 1.58. The molecule has 6 nitrogen and oxygen atoms in total. The molecule has 1 fully saturated rings. The fourth-order valence-electron chi connectivity index (χ4n) is 1.99. The molecule has 0 amide bonds. The average molecular weight is 253 g/mol. The summed E-state index contributed by atoms with van der Waals surface area (Å²) in [4.78, 5) is 8.88. The number of piperazine rings is 1. The molecule has 1 aromatic rings. The van der Waals surface area contributed by atoms with E-state index < -0.39 is 0 Å².